The minimum Gasteiger partial charge on any atom is -0.331 e. The molecule has 0 aliphatic rings. The molecule has 0 aliphatic heterocycles. The highest BCUT2D eigenvalue weighted by Gasteiger charge is 1.92. The zero-order valence-electron chi connectivity index (χ0n) is 8.34. The van der Waals surface area contributed by atoms with E-state index < -0.39 is 0 Å². The molecule has 2 N–H and O–H groups in total. The number of rotatable bonds is 1. The van der Waals surface area contributed by atoms with Crippen LogP contribution in [0.25, 0.3) is 0 Å². The Labute approximate surface area is 87.6 Å². The number of nitrogens with zero attached hydrogens (tertiary/aromatic N) is 2. The standard InChI is InChI=1S/C5H7N3O.C5H5N/c1-4(9)8-5-6-2-3-7-5;1-2-4-6-5-3-1/h2-3H,1H3,(H2,6,7,8,9);1-5H. The number of imidazole rings is 1. The van der Waals surface area contributed by atoms with Crippen molar-refractivity contribution in [3.8, 4) is 0 Å². The first-order chi connectivity index (χ1) is 7.29. The Hall–Kier alpha value is -2.17. The van der Waals surface area contributed by atoms with Gasteiger partial charge in [0.15, 0.2) is 0 Å². The van der Waals surface area contributed by atoms with Gasteiger partial charge >= 0.3 is 0 Å². The lowest BCUT2D eigenvalue weighted by atomic mass is 10.5. The second kappa shape index (κ2) is 6.31. The molecular formula is C10H12N4O. The maximum absolute atomic E-state index is 10.3. The van der Waals surface area contributed by atoms with Crippen molar-refractivity contribution in [3.05, 3.63) is 43.0 Å². The number of pyridine rings is 1. The fourth-order valence-electron chi connectivity index (χ4n) is 0.813. The van der Waals surface area contributed by atoms with Crippen molar-refractivity contribution in [2.45, 2.75) is 6.92 Å². The molecule has 0 aromatic carbocycles. The summed E-state index contributed by atoms with van der Waals surface area (Å²) in [4.78, 5) is 20.6. The fourth-order valence-corrected chi connectivity index (χ4v) is 0.813. The van der Waals surface area contributed by atoms with Gasteiger partial charge in [0.2, 0.25) is 11.9 Å². The van der Waals surface area contributed by atoms with Crippen LogP contribution in [0.4, 0.5) is 5.95 Å². The molecule has 0 atom stereocenters. The number of anilines is 1. The van der Waals surface area contributed by atoms with Crippen molar-refractivity contribution in [3.63, 3.8) is 0 Å². The summed E-state index contributed by atoms with van der Waals surface area (Å²) >= 11 is 0. The van der Waals surface area contributed by atoms with Crippen molar-refractivity contribution in [2.75, 3.05) is 5.32 Å². The van der Waals surface area contributed by atoms with Crippen LogP contribution in [0.5, 0.6) is 0 Å². The lowest BCUT2D eigenvalue weighted by Gasteiger charge is -1.91. The summed E-state index contributed by atoms with van der Waals surface area (Å²) < 4.78 is 0. The molecule has 0 saturated heterocycles. The largest absolute Gasteiger partial charge is 0.331 e. The third kappa shape index (κ3) is 5.20. The SMILES string of the molecule is CC(=O)Nc1ncc[nH]1.c1ccncc1. The molecule has 2 aromatic rings. The normalized spacial score (nSPS) is 8.60. The van der Waals surface area contributed by atoms with E-state index in [0.29, 0.717) is 5.95 Å². The molecule has 2 rings (SSSR count). The summed E-state index contributed by atoms with van der Waals surface area (Å²) in [5.74, 6) is 0.368. The third-order valence-electron chi connectivity index (χ3n) is 1.36. The van der Waals surface area contributed by atoms with E-state index >= 15 is 0 Å². The van der Waals surface area contributed by atoms with Gasteiger partial charge in [0.1, 0.15) is 0 Å². The Bertz CT molecular complexity index is 345. The molecule has 5 heteroatoms. The Kier molecular flexibility index (Phi) is 4.59. The van der Waals surface area contributed by atoms with Crippen LogP contribution >= 0.6 is 0 Å². The average Bonchev–Trinajstić information content (AvgIpc) is 2.73. The summed E-state index contributed by atoms with van der Waals surface area (Å²) in [6.07, 6.45) is 6.72. The average molecular weight is 204 g/mol. The van der Waals surface area contributed by atoms with Crippen molar-refractivity contribution in [2.24, 2.45) is 0 Å². The quantitative estimate of drug-likeness (QED) is 0.738. The maximum Gasteiger partial charge on any atom is 0.223 e. The molecule has 0 spiro atoms. The number of carbonyl (C=O) groups is 1. The van der Waals surface area contributed by atoms with E-state index in [1.165, 1.54) is 6.92 Å². The van der Waals surface area contributed by atoms with Crippen LogP contribution in [0.1, 0.15) is 6.92 Å². The number of amides is 1. The number of H-pyrrole nitrogens is 1. The predicted octanol–water partition coefficient (Wildman–Crippen LogP) is 1.45. The van der Waals surface area contributed by atoms with Gasteiger partial charge in [0, 0.05) is 31.7 Å². The van der Waals surface area contributed by atoms with Gasteiger partial charge < -0.3 is 4.98 Å². The highest BCUT2D eigenvalue weighted by atomic mass is 16.1. The highest BCUT2D eigenvalue weighted by Crippen LogP contribution is 1.92. The van der Waals surface area contributed by atoms with Crippen molar-refractivity contribution >= 4 is 11.9 Å². The van der Waals surface area contributed by atoms with E-state index in [-0.39, 0.29) is 5.91 Å². The second-order valence-electron chi connectivity index (χ2n) is 2.64. The summed E-state index contributed by atoms with van der Waals surface area (Å²) in [5.41, 5.74) is 0. The first-order valence-corrected chi connectivity index (χ1v) is 4.41. The molecule has 0 bridgehead atoms. The van der Waals surface area contributed by atoms with E-state index in [0.717, 1.165) is 0 Å². The number of hydrogen-bond acceptors (Lipinski definition) is 3. The summed E-state index contributed by atoms with van der Waals surface area (Å²) in [5, 5.41) is 2.48. The van der Waals surface area contributed by atoms with Gasteiger partial charge in [-0.3, -0.25) is 15.1 Å². The first-order valence-electron chi connectivity index (χ1n) is 4.41. The molecule has 0 aliphatic carbocycles. The van der Waals surface area contributed by atoms with Gasteiger partial charge in [0.05, 0.1) is 0 Å². The first kappa shape index (κ1) is 10.9. The van der Waals surface area contributed by atoms with Crippen LogP contribution in [0.3, 0.4) is 0 Å². The summed E-state index contributed by atoms with van der Waals surface area (Å²) in [6, 6.07) is 5.72. The Morgan fingerprint density at radius 2 is 2.00 bits per heavy atom. The molecule has 78 valence electrons. The van der Waals surface area contributed by atoms with Crippen LogP contribution in [-0.4, -0.2) is 20.9 Å². The molecule has 2 heterocycles. The molecular weight excluding hydrogens is 192 g/mol. The van der Waals surface area contributed by atoms with Crippen LogP contribution in [0.15, 0.2) is 43.0 Å². The van der Waals surface area contributed by atoms with E-state index in [2.05, 4.69) is 20.3 Å². The Morgan fingerprint density at radius 1 is 1.27 bits per heavy atom. The van der Waals surface area contributed by atoms with Crippen LogP contribution in [0.2, 0.25) is 0 Å². The molecule has 0 saturated carbocycles. The van der Waals surface area contributed by atoms with Crippen molar-refractivity contribution in [1.29, 1.82) is 0 Å². The van der Waals surface area contributed by atoms with Crippen LogP contribution < -0.4 is 5.32 Å². The van der Waals surface area contributed by atoms with E-state index in [9.17, 15) is 4.79 Å². The zero-order chi connectivity index (χ0) is 10.9. The number of aromatic nitrogens is 3. The predicted molar refractivity (Wildman–Crippen MR) is 57.1 cm³/mol. The van der Waals surface area contributed by atoms with Crippen molar-refractivity contribution in [1.82, 2.24) is 15.0 Å². The second-order valence-corrected chi connectivity index (χ2v) is 2.64. The fraction of sp³-hybridized carbons (Fsp3) is 0.100. The van der Waals surface area contributed by atoms with Crippen molar-refractivity contribution < 1.29 is 4.79 Å². The minimum atomic E-state index is -0.120. The Morgan fingerprint density at radius 3 is 2.33 bits per heavy atom. The topological polar surface area (TPSA) is 70.7 Å². The maximum atomic E-state index is 10.3. The van der Waals surface area contributed by atoms with Crippen LogP contribution in [0, 0.1) is 0 Å². The lowest BCUT2D eigenvalue weighted by Crippen LogP contribution is -2.06. The summed E-state index contributed by atoms with van der Waals surface area (Å²) in [6.45, 7) is 1.43. The molecule has 15 heavy (non-hydrogen) atoms. The number of aromatic amines is 1. The van der Waals surface area contributed by atoms with Gasteiger partial charge in [-0.2, -0.15) is 0 Å². The Balaban J connectivity index is 0.000000162. The van der Waals surface area contributed by atoms with Crippen LogP contribution in [-0.2, 0) is 4.79 Å². The van der Waals surface area contributed by atoms with Gasteiger partial charge in [-0.1, -0.05) is 6.07 Å². The van der Waals surface area contributed by atoms with E-state index in [1.54, 1.807) is 24.8 Å². The lowest BCUT2D eigenvalue weighted by molar-refractivity contribution is -0.114. The zero-order valence-corrected chi connectivity index (χ0v) is 8.34. The molecule has 2 aromatic heterocycles. The smallest absolute Gasteiger partial charge is 0.223 e. The number of hydrogen-bond donors (Lipinski definition) is 2. The molecule has 1 amide bonds. The minimum absolute atomic E-state index is 0.120. The van der Waals surface area contributed by atoms with Gasteiger partial charge in [-0.25, -0.2) is 4.98 Å². The highest BCUT2D eigenvalue weighted by molar-refractivity contribution is 5.86. The number of nitrogens with one attached hydrogen (secondary N) is 2. The molecule has 0 fully saturated rings. The van der Waals surface area contributed by atoms with E-state index in [1.807, 2.05) is 18.2 Å². The summed E-state index contributed by atoms with van der Waals surface area (Å²) in [7, 11) is 0. The molecule has 5 nitrogen and oxygen atoms in total. The van der Waals surface area contributed by atoms with Gasteiger partial charge in [-0.05, 0) is 12.1 Å². The van der Waals surface area contributed by atoms with Gasteiger partial charge in [-0.15, -0.1) is 0 Å². The third-order valence-corrected chi connectivity index (χ3v) is 1.36. The monoisotopic (exact) mass is 204 g/mol. The van der Waals surface area contributed by atoms with Gasteiger partial charge in [0.25, 0.3) is 0 Å². The number of carbonyl (C=O) groups excluding carboxylic acids is 1. The molecule has 0 radical (unpaired) electrons. The van der Waals surface area contributed by atoms with E-state index in [4.69, 9.17) is 0 Å². The molecule has 0 unspecified atom stereocenters.